The standard InChI is InChI=1S/C12H23N3O/c1-3-4-5-7-13-12-14-8-10-15(12)9-6-11-16-2/h8,10H,3-7,9,11H2,1-2H3,(H,13,14). The Bertz CT molecular complexity index is 273. The SMILES string of the molecule is CCCCCNc1nccn1CCCOC. The van der Waals surface area contributed by atoms with Crippen molar-refractivity contribution in [2.75, 3.05) is 25.6 Å². The van der Waals surface area contributed by atoms with Gasteiger partial charge >= 0.3 is 0 Å². The van der Waals surface area contributed by atoms with Crippen LogP contribution in [-0.4, -0.2) is 29.8 Å². The lowest BCUT2D eigenvalue weighted by molar-refractivity contribution is 0.190. The molecule has 1 N–H and O–H groups in total. The predicted molar refractivity (Wildman–Crippen MR) is 66.7 cm³/mol. The third-order valence-corrected chi connectivity index (χ3v) is 2.53. The van der Waals surface area contributed by atoms with Gasteiger partial charge in [0.15, 0.2) is 0 Å². The average Bonchev–Trinajstić information content (AvgIpc) is 2.73. The molecule has 0 amide bonds. The Morgan fingerprint density at radius 1 is 1.38 bits per heavy atom. The molecule has 0 unspecified atom stereocenters. The second-order valence-corrected chi connectivity index (χ2v) is 3.92. The first-order valence-electron chi connectivity index (χ1n) is 6.12. The Balaban J connectivity index is 2.26. The highest BCUT2D eigenvalue weighted by atomic mass is 16.5. The number of aryl methyl sites for hydroxylation is 1. The molecule has 0 aromatic carbocycles. The van der Waals surface area contributed by atoms with Crippen molar-refractivity contribution >= 4 is 5.95 Å². The van der Waals surface area contributed by atoms with Crippen molar-refractivity contribution in [3.63, 3.8) is 0 Å². The van der Waals surface area contributed by atoms with Gasteiger partial charge in [0.25, 0.3) is 0 Å². The lowest BCUT2D eigenvalue weighted by atomic mass is 10.2. The highest BCUT2D eigenvalue weighted by molar-refractivity contribution is 5.25. The number of hydrogen-bond donors (Lipinski definition) is 1. The van der Waals surface area contributed by atoms with Crippen LogP contribution in [0.15, 0.2) is 12.4 Å². The van der Waals surface area contributed by atoms with Gasteiger partial charge < -0.3 is 14.6 Å². The van der Waals surface area contributed by atoms with Gasteiger partial charge in [-0.3, -0.25) is 0 Å². The zero-order valence-electron chi connectivity index (χ0n) is 10.4. The fraction of sp³-hybridized carbons (Fsp3) is 0.750. The van der Waals surface area contributed by atoms with Crippen molar-refractivity contribution in [2.24, 2.45) is 0 Å². The maximum atomic E-state index is 5.04. The molecular formula is C12H23N3O. The van der Waals surface area contributed by atoms with E-state index in [4.69, 9.17) is 4.74 Å². The van der Waals surface area contributed by atoms with Gasteiger partial charge in [-0.25, -0.2) is 4.98 Å². The zero-order chi connectivity index (χ0) is 11.6. The molecule has 0 atom stereocenters. The summed E-state index contributed by atoms with van der Waals surface area (Å²) in [6, 6.07) is 0. The Hall–Kier alpha value is -1.03. The average molecular weight is 225 g/mol. The van der Waals surface area contributed by atoms with Gasteiger partial charge in [-0.1, -0.05) is 19.8 Å². The fourth-order valence-electron chi connectivity index (χ4n) is 1.61. The number of unbranched alkanes of at least 4 members (excludes halogenated alkanes) is 2. The molecule has 0 bridgehead atoms. The largest absolute Gasteiger partial charge is 0.385 e. The van der Waals surface area contributed by atoms with Crippen molar-refractivity contribution in [2.45, 2.75) is 39.2 Å². The van der Waals surface area contributed by atoms with Crippen molar-refractivity contribution in [1.29, 1.82) is 0 Å². The Kier molecular flexibility index (Phi) is 6.65. The van der Waals surface area contributed by atoms with Crippen LogP contribution in [-0.2, 0) is 11.3 Å². The van der Waals surface area contributed by atoms with Crippen LogP contribution in [0.1, 0.15) is 32.6 Å². The van der Waals surface area contributed by atoms with Crippen LogP contribution in [0, 0.1) is 0 Å². The normalized spacial score (nSPS) is 10.6. The van der Waals surface area contributed by atoms with E-state index < -0.39 is 0 Å². The first-order valence-corrected chi connectivity index (χ1v) is 6.12. The number of methoxy groups -OCH3 is 1. The highest BCUT2D eigenvalue weighted by Crippen LogP contribution is 2.06. The maximum Gasteiger partial charge on any atom is 0.202 e. The molecule has 92 valence electrons. The van der Waals surface area contributed by atoms with Crippen molar-refractivity contribution in [3.8, 4) is 0 Å². The summed E-state index contributed by atoms with van der Waals surface area (Å²) in [6.45, 7) is 4.98. The monoisotopic (exact) mass is 225 g/mol. The van der Waals surface area contributed by atoms with E-state index in [9.17, 15) is 0 Å². The lowest BCUT2D eigenvalue weighted by Gasteiger charge is -2.09. The zero-order valence-corrected chi connectivity index (χ0v) is 10.4. The van der Waals surface area contributed by atoms with E-state index in [2.05, 4.69) is 21.8 Å². The van der Waals surface area contributed by atoms with Gasteiger partial charge in [-0.05, 0) is 12.8 Å². The fourth-order valence-corrected chi connectivity index (χ4v) is 1.61. The molecule has 0 saturated carbocycles. The minimum Gasteiger partial charge on any atom is -0.385 e. The number of rotatable bonds is 9. The molecule has 0 aliphatic rings. The van der Waals surface area contributed by atoms with E-state index in [0.29, 0.717) is 0 Å². The van der Waals surface area contributed by atoms with Gasteiger partial charge in [0.05, 0.1) is 0 Å². The van der Waals surface area contributed by atoms with Crippen LogP contribution in [0.3, 0.4) is 0 Å². The van der Waals surface area contributed by atoms with Crippen LogP contribution < -0.4 is 5.32 Å². The molecule has 4 heteroatoms. The summed E-state index contributed by atoms with van der Waals surface area (Å²) in [4.78, 5) is 4.30. The topological polar surface area (TPSA) is 39.1 Å². The first kappa shape index (κ1) is 13.0. The summed E-state index contributed by atoms with van der Waals surface area (Å²) < 4.78 is 7.18. The summed E-state index contributed by atoms with van der Waals surface area (Å²) in [7, 11) is 1.73. The minimum absolute atomic E-state index is 0.799. The van der Waals surface area contributed by atoms with Crippen molar-refractivity contribution < 1.29 is 4.74 Å². The van der Waals surface area contributed by atoms with E-state index in [1.807, 2.05) is 12.4 Å². The van der Waals surface area contributed by atoms with Gasteiger partial charge in [0, 0.05) is 39.2 Å². The number of ether oxygens (including phenoxy) is 1. The number of anilines is 1. The maximum absolute atomic E-state index is 5.04. The second-order valence-electron chi connectivity index (χ2n) is 3.92. The van der Waals surface area contributed by atoms with E-state index >= 15 is 0 Å². The molecule has 1 rings (SSSR count). The van der Waals surface area contributed by atoms with Gasteiger partial charge in [-0.2, -0.15) is 0 Å². The van der Waals surface area contributed by atoms with Crippen LogP contribution in [0.2, 0.25) is 0 Å². The Morgan fingerprint density at radius 2 is 2.25 bits per heavy atom. The second kappa shape index (κ2) is 8.16. The van der Waals surface area contributed by atoms with E-state index in [0.717, 1.165) is 32.1 Å². The summed E-state index contributed by atoms with van der Waals surface area (Å²) in [5, 5.41) is 3.37. The van der Waals surface area contributed by atoms with Crippen LogP contribution >= 0.6 is 0 Å². The van der Waals surface area contributed by atoms with Crippen LogP contribution in [0.5, 0.6) is 0 Å². The lowest BCUT2D eigenvalue weighted by Crippen LogP contribution is -2.09. The molecule has 0 spiro atoms. The predicted octanol–water partition coefficient (Wildman–Crippen LogP) is 2.52. The van der Waals surface area contributed by atoms with Crippen LogP contribution in [0.4, 0.5) is 5.95 Å². The van der Waals surface area contributed by atoms with Crippen molar-refractivity contribution in [3.05, 3.63) is 12.4 Å². The highest BCUT2D eigenvalue weighted by Gasteiger charge is 2.00. The third kappa shape index (κ3) is 4.66. The molecule has 16 heavy (non-hydrogen) atoms. The van der Waals surface area contributed by atoms with Crippen molar-refractivity contribution in [1.82, 2.24) is 9.55 Å². The molecule has 1 aromatic rings. The number of imidazole rings is 1. The smallest absolute Gasteiger partial charge is 0.202 e. The molecule has 0 saturated heterocycles. The van der Waals surface area contributed by atoms with Crippen LogP contribution in [0.25, 0.3) is 0 Å². The molecule has 1 aromatic heterocycles. The number of hydrogen-bond acceptors (Lipinski definition) is 3. The summed E-state index contributed by atoms with van der Waals surface area (Å²) in [6.07, 6.45) is 8.62. The molecular weight excluding hydrogens is 202 g/mol. The Morgan fingerprint density at radius 3 is 3.00 bits per heavy atom. The summed E-state index contributed by atoms with van der Waals surface area (Å²) >= 11 is 0. The van der Waals surface area contributed by atoms with Gasteiger partial charge in [0.1, 0.15) is 0 Å². The molecule has 0 aliphatic carbocycles. The molecule has 0 aliphatic heterocycles. The third-order valence-electron chi connectivity index (χ3n) is 2.53. The Labute approximate surface area is 98.0 Å². The van der Waals surface area contributed by atoms with Gasteiger partial charge in [0.2, 0.25) is 5.95 Å². The first-order chi connectivity index (χ1) is 7.88. The number of aromatic nitrogens is 2. The number of nitrogens with zero attached hydrogens (tertiary/aromatic N) is 2. The molecule has 0 radical (unpaired) electrons. The summed E-state index contributed by atoms with van der Waals surface area (Å²) in [5.74, 6) is 0.979. The quantitative estimate of drug-likeness (QED) is 0.656. The molecule has 4 nitrogen and oxygen atoms in total. The molecule has 0 fully saturated rings. The van der Waals surface area contributed by atoms with E-state index in [-0.39, 0.29) is 0 Å². The van der Waals surface area contributed by atoms with E-state index in [1.54, 1.807) is 7.11 Å². The van der Waals surface area contributed by atoms with Gasteiger partial charge in [-0.15, -0.1) is 0 Å². The number of nitrogens with one attached hydrogen (secondary N) is 1. The molecule has 1 heterocycles. The minimum atomic E-state index is 0.799. The van der Waals surface area contributed by atoms with E-state index in [1.165, 1.54) is 19.3 Å². The summed E-state index contributed by atoms with van der Waals surface area (Å²) in [5.41, 5.74) is 0.